The van der Waals surface area contributed by atoms with E-state index >= 15 is 0 Å². The Morgan fingerprint density at radius 1 is 1.00 bits per heavy atom. The number of aromatic nitrogens is 2. The zero-order valence-electron chi connectivity index (χ0n) is 20.0. The van der Waals surface area contributed by atoms with Crippen LogP contribution in [0.3, 0.4) is 0 Å². The maximum absolute atomic E-state index is 13.6. The highest BCUT2D eigenvalue weighted by Crippen LogP contribution is 2.37. The topological polar surface area (TPSA) is 97.1 Å². The minimum atomic E-state index is -4.63. The van der Waals surface area contributed by atoms with Crippen LogP contribution in [0.15, 0.2) is 47.0 Å². The molecule has 2 aromatic heterocycles. The molecule has 0 saturated carbocycles. The first-order chi connectivity index (χ1) is 17.0. The fourth-order valence-electron chi connectivity index (χ4n) is 4.18. The maximum atomic E-state index is 13.6. The molecule has 0 radical (unpaired) electrons. The SMILES string of the molecule is Cc1cc(C)c(NC(=O)CNC(=O)c2cc(-c3ccccc3C(F)(F)F)nc3onc(C)c23)c(C)c1. The smallest absolute Gasteiger partial charge is 0.343 e. The van der Waals surface area contributed by atoms with Crippen molar-refractivity contribution in [2.24, 2.45) is 0 Å². The van der Waals surface area contributed by atoms with Crippen molar-refractivity contribution in [2.45, 2.75) is 33.9 Å². The monoisotopic (exact) mass is 496 g/mol. The van der Waals surface area contributed by atoms with Crippen LogP contribution in [0.25, 0.3) is 22.4 Å². The number of anilines is 1. The van der Waals surface area contributed by atoms with Gasteiger partial charge in [0.05, 0.1) is 34.4 Å². The minimum Gasteiger partial charge on any atom is -0.343 e. The van der Waals surface area contributed by atoms with E-state index in [2.05, 4.69) is 20.8 Å². The van der Waals surface area contributed by atoms with Gasteiger partial charge in [-0.1, -0.05) is 41.1 Å². The summed E-state index contributed by atoms with van der Waals surface area (Å²) < 4.78 is 45.9. The number of fused-ring (bicyclic) bond motifs is 1. The first-order valence-corrected chi connectivity index (χ1v) is 11.0. The molecule has 2 aromatic carbocycles. The van der Waals surface area contributed by atoms with E-state index < -0.39 is 23.6 Å². The second-order valence-corrected chi connectivity index (χ2v) is 8.55. The summed E-state index contributed by atoms with van der Waals surface area (Å²) in [5, 5.41) is 9.39. The summed E-state index contributed by atoms with van der Waals surface area (Å²) in [6.45, 7) is 6.93. The summed E-state index contributed by atoms with van der Waals surface area (Å²) in [7, 11) is 0. The van der Waals surface area contributed by atoms with Gasteiger partial charge in [0.25, 0.3) is 11.6 Å². The Balaban J connectivity index is 1.63. The van der Waals surface area contributed by atoms with E-state index in [0.717, 1.165) is 22.8 Å². The molecule has 2 heterocycles. The highest BCUT2D eigenvalue weighted by molar-refractivity contribution is 6.08. The van der Waals surface area contributed by atoms with E-state index in [9.17, 15) is 22.8 Å². The normalized spacial score (nSPS) is 11.5. The zero-order chi connectivity index (χ0) is 26.2. The molecule has 4 rings (SSSR count). The lowest BCUT2D eigenvalue weighted by Gasteiger charge is -2.14. The predicted molar refractivity (Wildman–Crippen MR) is 129 cm³/mol. The molecule has 0 spiro atoms. The van der Waals surface area contributed by atoms with Crippen LogP contribution in [0, 0.1) is 27.7 Å². The summed E-state index contributed by atoms with van der Waals surface area (Å²) >= 11 is 0. The molecule has 0 aliphatic heterocycles. The van der Waals surface area contributed by atoms with E-state index in [-0.39, 0.29) is 34.5 Å². The summed E-state index contributed by atoms with van der Waals surface area (Å²) in [4.78, 5) is 29.8. The molecule has 0 saturated heterocycles. The van der Waals surface area contributed by atoms with Crippen LogP contribution in [-0.2, 0) is 11.0 Å². The highest BCUT2D eigenvalue weighted by atomic mass is 19.4. The Kier molecular flexibility index (Phi) is 6.53. The summed E-state index contributed by atoms with van der Waals surface area (Å²) in [6, 6.07) is 10.0. The van der Waals surface area contributed by atoms with Crippen molar-refractivity contribution in [1.29, 1.82) is 0 Å². The predicted octanol–water partition coefficient (Wildman–Crippen LogP) is 5.51. The molecular weight excluding hydrogens is 473 g/mol. The molecule has 0 bridgehead atoms. The van der Waals surface area contributed by atoms with Gasteiger partial charge in [0.1, 0.15) is 0 Å². The van der Waals surface area contributed by atoms with Gasteiger partial charge >= 0.3 is 6.18 Å². The number of nitrogens with zero attached hydrogens (tertiary/aromatic N) is 2. The van der Waals surface area contributed by atoms with E-state index in [0.29, 0.717) is 11.4 Å². The molecule has 7 nitrogen and oxygen atoms in total. The van der Waals surface area contributed by atoms with Crippen molar-refractivity contribution in [3.05, 3.63) is 76.0 Å². The number of nitrogens with one attached hydrogen (secondary N) is 2. The average Bonchev–Trinajstić information content (AvgIpc) is 3.19. The lowest BCUT2D eigenvalue weighted by Crippen LogP contribution is -2.33. The van der Waals surface area contributed by atoms with Crippen molar-refractivity contribution < 1.29 is 27.3 Å². The van der Waals surface area contributed by atoms with Crippen molar-refractivity contribution in [2.75, 3.05) is 11.9 Å². The third-order valence-corrected chi connectivity index (χ3v) is 5.72. The number of carbonyl (C=O) groups excluding carboxylic acids is 2. The fourth-order valence-corrected chi connectivity index (χ4v) is 4.18. The van der Waals surface area contributed by atoms with Gasteiger partial charge in [-0.15, -0.1) is 0 Å². The zero-order valence-corrected chi connectivity index (χ0v) is 20.0. The lowest BCUT2D eigenvalue weighted by molar-refractivity contribution is -0.137. The van der Waals surface area contributed by atoms with Crippen LogP contribution in [-0.4, -0.2) is 28.5 Å². The summed E-state index contributed by atoms with van der Waals surface area (Å²) in [5.41, 5.74) is 2.54. The minimum absolute atomic E-state index is 0.00113. The lowest BCUT2D eigenvalue weighted by atomic mass is 10.0. The molecule has 2 amide bonds. The molecular formula is C26H23F3N4O3. The molecule has 0 atom stereocenters. The number of amides is 2. The van der Waals surface area contributed by atoms with Gasteiger partial charge in [-0.3, -0.25) is 9.59 Å². The van der Waals surface area contributed by atoms with Gasteiger partial charge in [-0.2, -0.15) is 13.2 Å². The van der Waals surface area contributed by atoms with E-state index in [1.807, 2.05) is 32.9 Å². The average molecular weight is 496 g/mol. The first kappa shape index (κ1) is 24.9. The largest absolute Gasteiger partial charge is 0.417 e. The van der Waals surface area contributed by atoms with Crippen LogP contribution in [0.1, 0.15) is 38.3 Å². The van der Waals surface area contributed by atoms with Gasteiger partial charge in [0.2, 0.25) is 5.91 Å². The van der Waals surface area contributed by atoms with Gasteiger partial charge in [0.15, 0.2) is 0 Å². The Hall–Kier alpha value is -4.21. The number of hydrogen-bond acceptors (Lipinski definition) is 5. The Morgan fingerprint density at radius 3 is 2.33 bits per heavy atom. The Labute approximate surface area is 204 Å². The molecule has 0 aliphatic rings. The van der Waals surface area contributed by atoms with Crippen LogP contribution in [0.4, 0.5) is 18.9 Å². The van der Waals surface area contributed by atoms with Crippen molar-refractivity contribution in [3.8, 4) is 11.3 Å². The van der Waals surface area contributed by atoms with Crippen molar-refractivity contribution in [3.63, 3.8) is 0 Å². The molecule has 2 N–H and O–H groups in total. The third-order valence-electron chi connectivity index (χ3n) is 5.72. The molecule has 0 fully saturated rings. The number of alkyl halides is 3. The number of aryl methyl sites for hydroxylation is 4. The quantitative estimate of drug-likeness (QED) is 0.380. The number of rotatable bonds is 5. The fraction of sp³-hybridized carbons (Fsp3) is 0.231. The number of carbonyl (C=O) groups is 2. The first-order valence-electron chi connectivity index (χ1n) is 11.0. The van der Waals surface area contributed by atoms with E-state index in [1.54, 1.807) is 6.92 Å². The van der Waals surface area contributed by atoms with Crippen LogP contribution < -0.4 is 10.6 Å². The molecule has 186 valence electrons. The van der Waals surface area contributed by atoms with Crippen molar-refractivity contribution in [1.82, 2.24) is 15.5 Å². The molecule has 0 aliphatic carbocycles. The number of hydrogen-bond donors (Lipinski definition) is 2. The molecule has 0 unspecified atom stereocenters. The number of pyridine rings is 1. The van der Waals surface area contributed by atoms with Crippen LogP contribution in [0.5, 0.6) is 0 Å². The number of halogens is 3. The van der Waals surface area contributed by atoms with Gasteiger partial charge < -0.3 is 15.2 Å². The van der Waals surface area contributed by atoms with Crippen LogP contribution in [0.2, 0.25) is 0 Å². The third kappa shape index (κ3) is 4.93. The Bertz CT molecular complexity index is 1470. The standard InChI is InChI=1S/C26H23F3N4O3/c1-13-9-14(2)23(15(3)10-13)32-21(34)12-30-24(35)18-11-20(31-25-22(18)16(4)33-36-25)17-7-5-6-8-19(17)26(27,28)29/h5-11H,12H2,1-4H3,(H,30,35)(H,32,34). The molecule has 36 heavy (non-hydrogen) atoms. The maximum Gasteiger partial charge on any atom is 0.417 e. The van der Waals surface area contributed by atoms with Gasteiger partial charge in [-0.25, -0.2) is 4.98 Å². The highest BCUT2D eigenvalue weighted by Gasteiger charge is 2.34. The molecule has 4 aromatic rings. The van der Waals surface area contributed by atoms with E-state index in [1.165, 1.54) is 24.3 Å². The van der Waals surface area contributed by atoms with Crippen LogP contribution >= 0.6 is 0 Å². The van der Waals surface area contributed by atoms with Gasteiger partial charge in [0, 0.05) is 11.3 Å². The summed E-state index contributed by atoms with van der Waals surface area (Å²) in [6.07, 6.45) is -4.63. The molecule has 10 heteroatoms. The Morgan fingerprint density at radius 2 is 1.67 bits per heavy atom. The number of benzene rings is 2. The van der Waals surface area contributed by atoms with Gasteiger partial charge in [-0.05, 0) is 51.0 Å². The van der Waals surface area contributed by atoms with E-state index in [4.69, 9.17) is 4.52 Å². The van der Waals surface area contributed by atoms with Crippen molar-refractivity contribution >= 4 is 28.6 Å². The second kappa shape index (κ2) is 9.44. The summed E-state index contributed by atoms with van der Waals surface area (Å²) in [5.74, 6) is -1.12. The second-order valence-electron chi connectivity index (χ2n) is 8.55.